The summed E-state index contributed by atoms with van der Waals surface area (Å²) in [6.07, 6.45) is 0. The van der Waals surface area contributed by atoms with Crippen molar-refractivity contribution in [2.45, 2.75) is 6.92 Å². The maximum Gasteiger partial charge on any atom is 0.161 e. The van der Waals surface area contributed by atoms with Gasteiger partial charge in [0, 0.05) is 7.05 Å². The highest BCUT2D eigenvalue weighted by atomic mass is 15.1. The van der Waals surface area contributed by atoms with Gasteiger partial charge in [-0.15, -0.1) is 0 Å². The lowest BCUT2D eigenvalue weighted by molar-refractivity contribution is 0.873. The summed E-state index contributed by atoms with van der Waals surface area (Å²) in [5.41, 5.74) is 2.02. The van der Waals surface area contributed by atoms with Crippen molar-refractivity contribution in [3.05, 3.63) is 23.7 Å². The van der Waals surface area contributed by atoms with Crippen LogP contribution in [0, 0.1) is 18.3 Å². The number of nitriles is 1. The summed E-state index contributed by atoms with van der Waals surface area (Å²) in [4.78, 5) is 8.43. The molecule has 0 atom stereocenters. The molecule has 0 saturated carbocycles. The van der Waals surface area contributed by atoms with Gasteiger partial charge in [-0.05, 0) is 19.1 Å². The summed E-state index contributed by atoms with van der Waals surface area (Å²) in [6, 6.07) is 5.49. The molecule has 0 amide bonds. The predicted octanol–water partition coefficient (Wildman–Crippen LogP) is 1.15. The number of imidazole rings is 1. The maximum atomic E-state index is 8.65. The van der Waals surface area contributed by atoms with E-state index in [4.69, 9.17) is 5.26 Å². The molecule has 0 aromatic carbocycles. The molecular weight excluding hydrogens is 164 g/mol. The van der Waals surface area contributed by atoms with Crippen molar-refractivity contribution in [3.63, 3.8) is 0 Å². The Kier molecular flexibility index (Phi) is 1.52. The normalized spacial score (nSPS) is 10.2. The van der Waals surface area contributed by atoms with E-state index in [9.17, 15) is 0 Å². The number of nitrogens with zero attached hydrogens (tertiary/aromatic N) is 4. The Morgan fingerprint density at radius 1 is 1.38 bits per heavy atom. The predicted molar refractivity (Wildman–Crippen MR) is 48.0 cm³/mol. The Balaban J connectivity index is 2.84. The quantitative estimate of drug-likeness (QED) is 0.599. The lowest BCUT2D eigenvalue weighted by atomic mass is 10.3. The Bertz CT molecular complexity index is 504. The van der Waals surface area contributed by atoms with Crippen LogP contribution in [0.3, 0.4) is 0 Å². The van der Waals surface area contributed by atoms with E-state index in [-0.39, 0.29) is 0 Å². The fourth-order valence-electron chi connectivity index (χ4n) is 1.24. The molecule has 0 saturated heterocycles. The Morgan fingerprint density at radius 3 is 2.85 bits per heavy atom. The molecular formula is C9H8N4. The number of fused-ring (bicyclic) bond motifs is 1. The molecule has 0 bridgehead atoms. The van der Waals surface area contributed by atoms with E-state index in [1.165, 1.54) is 0 Å². The first-order chi connectivity index (χ1) is 6.22. The second-order valence-electron chi connectivity index (χ2n) is 2.87. The number of hydrogen-bond donors (Lipinski definition) is 0. The molecule has 0 aliphatic rings. The van der Waals surface area contributed by atoms with Crippen LogP contribution in [0.2, 0.25) is 0 Å². The van der Waals surface area contributed by atoms with Crippen LogP contribution in [0.4, 0.5) is 0 Å². The van der Waals surface area contributed by atoms with Crippen LogP contribution in [0.1, 0.15) is 11.5 Å². The second-order valence-corrected chi connectivity index (χ2v) is 2.87. The lowest BCUT2D eigenvalue weighted by Gasteiger charge is -1.94. The third-order valence-corrected chi connectivity index (χ3v) is 2.05. The van der Waals surface area contributed by atoms with Crippen molar-refractivity contribution < 1.29 is 0 Å². The van der Waals surface area contributed by atoms with E-state index < -0.39 is 0 Å². The van der Waals surface area contributed by atoms with Crippen molar-refractivity contribution in [2.24, 2.45) is 7.05 Å². The minimum atomic E-state index is 0.426. The van der Waals surface area contributed by atoms with Crippen LogP contribution in [0.25, 0.3) is 11.2 Å². The van der Waals surface area contributed by atoms with Crippen molar-refractivity contribution in [2.75, 3.05) is 0 Å². The minimum Gasteiger partial charge on any atom is -0.316 e. The Labute approximate surface area is 75.5 Å². The number of pyridine rings is 1. The third-order valence-electron chi connectivity index (χ3n) is 2.05. The monoisotopic (exact) mass is 172 g/mol. The fourth-order valence-corrected chi connectivity index (χ4v) is 1.24. The molecule has 0 N–H and O–H groups in total. The average molecular weight is 172 g/mol. The summed E-state index contributed by atoms with van der Waals surface area (Å²) in [5, 5.41) is 8.65. The largest absolute Gasteiger partial charge is 0.316 e. The third kappa shape index (κ3) is 1.05. The first-order valence-corrected chi connectivity index (χ1v) is 3.92. The fraction of sp³-hybridized carbons (Fsp3) is 0.222. The molecule has 4 heteroatoms. The van der Waals surface area contributed by atoms with Crippen LogP contribution in [0.5, 0.6) is 0 Å². The summed E-state index contributed by atoms with van der Waals surface area (Å²) < 4.78 is 1.87. The van der Waals surface area contributed by atoms with Crippen LogP contribution in [-0.2, 0) is 7.05 Å². The highest BCUT2D eigenvalue weighted by Gasteiger charge is 2.05. The first kappa shape index (κ1) is 7.74. The van der Waals surface area contributed by atoms with Crippen LogP contribution in [-0.4, -0.2) is 14.5 Å². The number of hydrogen-bond acceptors (Lipinski definition) is 3. The number of aryl methyl sites for hydroxylation is 2. The molecule has 2 heterocycles. The molecule has 0 radical (unpaired) electrons. The average Bonchev–Trinajstić information content (AvgIpc) is 2.43. The number of rotatable bonds is 0. The van der Waals surface area contributed by atoms with E-state index in [2.05, 4.69) is 9.97 Å². The van der Waals surface area contributed by atoms with Gasteiger partial charge in [-0.1, -0.05) is 0 Å². The van der Waals surface area contributed by atoms with Gasteiger partial charge in [0.1, 0.15) is 23.1 Å². The summed E-state index contributed by atoms with van der Waals surface area (Å²) in [5.74, 6) is 0.901. The van der Waals surface area contributed by atoms with Gasteiger partial charge in [-0.3, -0.25) is 0 Å². The zero-order valence-electron chi connectivity index (χ0n) is 7.44. The summed E-state index contributed by atoms with van der Waals surface area (Å²) in [7, 11) is 1.89. The van der Waals surface area contributed by atoms with Gasteiger partial charge in [0.05, 0.1) is 0 Å². The molecule has 2 aromatic rings. The van der Waals surface area contributed by atoms with E-state index in [0.717, 1.165) is 17.0 Å². The van der Waals surface area contributed by atoms with Crippen LogP contribution < -0.4 is 0 Å². The van der Waals surface area contributed by atoms with Gasteiger partial charge in [0.15, 0.2) is 5.65 Å². The molecule has 0 fully saturated rings. The van der Waals surface area contributed by atoms with E-state index >= 15 is 0 Å². The van der Waals surface area contributed by atoms with Gasteiger partial charge < -0.3 is 4.57 Å². The molecule has 13 heavy (non-hydrogen) atoms. The van der Waals surface area contributed by atoms with Gasteiger partial charge in [-0.25, -0.2) is 9.97 Å². The van der Waals surface area contributed by atoms with Crippen LogP contribution >= 0.6 is 0 Å². The van der Waals surface area contributed by atoms with E-state index in [0.29, 0.717) is 5.69 Å². The SMILES string of the molecule is Cc1nc2ccc(C#N)nc2n1C. The van der Waals surface area contributed by atoms with E-state index in [1.807, 2.05) is 30.7 Å². The lowest BCUT2D eigenvalue weighted by Crippen LogP contribution is -1.93. The summed E-state index contributed by atoms with van der Waals surface area (Å²) >= 11 is 0. The smallest absolute Gasteiger partial charge is 0.161 e. The minimum absolute atomic E-state index is 0.426. The summed E-state index contributed by atoms with van der Waals surface area (Å²) in [6.45, 7) is 1.91. The molecule has 64 valence electrons. The first-order valence-electron chi connectivity index (χ1n) is 3.92. The van der Waals surface area contributed by atoms with Crippen molar-refractivity contribution in [3.8, 4) is 6.07 Å². The Morgan fingerprint density at radius 2 is 2.15 bits per heavy atom. The topological polar surface area (TPSA) is 54.5 Å². The zero-order chi connectivity index (χ0) is 9.42. The van der Waals surface area contributed by atoms with Gasteiger partial charge in [0.25, 0.3) is 0 Å². The highest BCUT2D eigenvalue weighted by molar-refractivity contribution is 5.72. The van der Waals surface area contributed by atoms with Crippen LogP contribution in [0.15, 0.2) is 12.1 Å². The Hall–Kier alpha value is -1.89. The molecule has 2 rings (SSSR count). The maximum absolute atomic E-state index is 8.65. The number of aromatic nitrogens is 3. The molecule has 0 aliphatic heterocycles. The zero-order valence-corrected chi connectivity index (χ0v) is 7.44. The van der Waals surface area contributed by atoms with Gasteiger partial charge in [0.2, 0.25) is 0 Å². The molecule has 0 unspecified atom stereocenters. The second kappa shape index (κ2) is 2.56. The van der Waals surface area contributed by atoms with Crippen molar-refractivity contribution >= 4 is 11.2 Å². The van der Waals surface area contributed by atoms with Crippen molar-refractivity contribution in [1.29, 1.82) is 5.26 Å². The van der Waals surface area contributed by atoms with E-state index in [1.54, 1.807) is 6.07 Å². The molecule has 2 aromatic heterocycles. The van der Waals surface area contributed by atoms with Gasteiger partial charge >= 0.3 is 0 Å². The highest BCUT2D eigenvalue weighted by Crippen LogP contribution is 2.11. The molecule has 4 nitrogen and oxygen atoms in total. The standard InChI is InChI=1S/C9H8N4/c1-6-11-8-4-3-7(5-10)12-9(8)13(6)2/h3-4H,1-2H3. The van der Waals surface area contributed by atoms with Crippen molar-refractivity contribution in [1.82, 2.24) is 14.5 Å². The molecule has 0 aliphatic carbocycles. The van der Waals surface area contributed by atoms with Gasteiger partial charge in [-0.2, -0.15) is 5.26 Å². The molecule has 0 spiro atoms.